The van der Waals surface area contributed by atoms with Gasteiger partial charge in [0.05, 0.1) is 5.88 Å². The second-order valence-electron chi connectivity index (χ2n) is 4.27. The molecule has 4 aliphatic carbocycles. The molecule has 0 spiro atoms. The van der Waals surface area contributed by atoms with Gasteiger partial charge >= 0.3 is 0 Å². The predicted octanol–water partition coefficient (Wildman–Crippen LogP) is 3.26. The van der Waals surface area contributed by atoms with E-state index >= 15 is 0 Å². The standard InChI is InChI=1S/C9H10ClI/c10-5-8-4-9(11)6(8)2-1-3-7(8)9/h6-7H,1-4H2. The van der Waals surface area contributed by atoms with E-state index in [1.807, 2.05) is 0 Å². The average molecular weight is 281 g/mol. The summed E-state index contributed by atoms with van der Waals surface area (Å²) in [6.45, 7) is 0. The van der Waals surface area contributed by atoms with E-state index in [1.165, 1.54) is 25.7 Å². The smallest absolute Gasteiger partial charge is 0.0938 e. The lowest BCUT2D eigenvalue weighted by molar-refractivity contribution is -0.221. The van der Waals surface area contributed by atoms with E-state index in [-0.39, 0.29) is 0 Å². The van der Waals surface area contributed by atoms with Crippen LogP contribution in [0.1, 0.15) is 25.7 Å². The lowest BCUT2D eigenvalue weighted by atomic mass is 9.28. The van der Waals surface area contributed by atoms with Crippen molar-refractivity contribution in [2.24, 2.45) is 17.3 Å². The quantitative estimate of drug-likeness (QED) is 0.511. The van der Waals surface area contributed by atoms with Gasteiger partial charge in [0.25, 0.3) is 0 Å². The van der Waals surface area contributed by atoms with Gasteiger partial charge in [0, 0.05) is 8.84 Å². The van der Waals surface area contributed by atoms with Gasteiger partial charge in [0.15, 0.2) is 0 Å². The largest absolute Gasteiger partial charge is 0.115 e. The fourth-order valence-electron chi connectivity index (χ4n) is 3.61. The maximum atomic E-state index is 5.79. The minimum atomic E-state index is 0.390. The lowest BCUT2D eigenvalue weighted by Gasteiger charge is -2.81. The van der Waals surface area contributed by atoms with E-state index in [4.69, 9.17) is 11.6 Å². The van der Waals surface area contributed by atoms with Crippen molar-refractivity contribution in [3.05, 3.63) is 5.88 Å². The number of alkyl halides is 1. The molecule has 4 rings (SSSR count). The van der Waals surface area contributed by atoms with Gasteiger partial charge in [0.2, 0.25) is 0 Å². The molecule has 2 atom stereocenters. The van der Waals surface area contributed by atoms with Crippen molar-refractivity contribution in [3.8, 4) is 0 Å². The molecule has 0 aromatic carbocycles. The molecule has 60 valence electrons. The van der Waals surface area contributed by atoms with Crippen LogP contribution in [-0.2, 0) is 0 Å². The summed E-state index contributed by atoms with van der Waals surface area (Å²) < 4.78 is 0.665. The molecule has 0 N–H and O–H groups in total. The molecule has 0 nitrogen and oxygen atoms in total. The zero-order chi connectivity index (χ0) is 7.69. The molecule has 11 heavy (non-hydrogen) atoms. The summed E-state index contributed by atoms with van der Waals surface area (Å²) in [5.74, 6) is 4.83. The van der Waals surface area contributed by atoms with E-state index in [0.29, 0.717) is 8.84 Å². The van der Waals surface area contributed by atoms with Crippen molar-refractivity contribution in [2.45, 2.75) is 29.1 Å². The van der Waals surface area contributed by atoms with Crippen LogP contribution in [0.3, 0.4) is 0 Å². The van der Waals surface area contributed by atoms with Crippen molar-refractivity contribution in [1.29, 1.82) is 0 Å². The molecule has 2 radical (unpaired) electrons. The average Bonchev–Trinajstić information content (AvgIpc) is 2.01. The molecular weight excluding hydrogens is 270 g/mol. The normalized spacial score (nSPS) is 64.9. The Hall–Kier alpha value is 1.02. The first kappa shape index (κ1) is 7.43. The number of rotatable bonds is 1. The highest BCUT2D eigenvalue weighted by atomic mass is 127. The Morgan fingerprint density at radius 2 is 2.00 bits per heavy atom. The molecular formula is C9H10ClI. The topological polar surface area (TPSA) is 0 Å². The molecule has 0 aliphatic heterocycles. The zero-order valence-electron chi connectivity index (χ0n) is 6.24. The molecule has 0 saturated heterocycles. The van der Waals surface area contributed by atoms with Gasteiger partial charge in [-0.25, -0.2) is 0 Å². The van der Waals surface area contributed by atoms with E-state index in [0.717, 1.165) is 11.8 Å². The van der Waals surface area contributed by atoms with Gasteiger partial charge in [-0.3, -0.25) is 0 Å². The van der Waals surface area contributed by atoms with Crippen LogP contribution < -0.4 is 0 Å². The van der Waals surface area contributed by atoms with Crippen LogP contribution in [0.15, 0.2) is 0 Å². The Balaban J connectivity index is 1.95. The SMILES string of the molecule is Cl[C]C12CC3(I)C1CCCC32. The third-order valence-electron chi connectivity index (χ3n) is 4.13. The Morgan fingerprint density at radius 1 is 1.36 bits per heavy atom. The minimum Gasteiger partial charge on any atom is -0.115 e. The van der Waals surface area contributed by atoms with Gasteiger partial charge in [-0.15, -0.1) is 11.6 Å². The monoisotopic (exact) mass is 280 g/mol. The van der Waals surface area contributed by atoms with Crippen LogP contribution in [0.2, 0.25) is 0 Å². The van der Waals surface area contributed by atoms with E-state index in [2.05, 4.69) is 28.5 Å². The molecule has 0 aromatic rings. The lowest BCUT2D eigenvalue weighted by Crippen LogP contribution is -2.80. The van der Waals surface area contributed by atoms with Crippen molar-refractivity contribution in [3.63, 3.8) is 0 Å². The van der Waals surface area contributed by atoms with E-state index in [9.17, 15) is 0 Å². The second kappa shape index (κ2) is 1.92. The Bertz CT molecular complexity index is 202. The third-order valence-corrected chi connectivity index (χ3v) is 6.36. The van der Waals surface area contributed by atoms with Crippen molar-refractivity contribution >= 4 is 34.2 Å². The fraction of sp³-hybridized carbons (Fsp3) is 0.889. The van der Waals surface area contributed by atoms with Crippen LogP contribution in [0.5, 0.6) is 0 Å². The molecule has 0 aromatic heterocycles. The first-order valence-corrected chi connectivity index (χ1v) is 5.76. The maximum Gasteiger partial charge on any atom is 0.0938 e. The predicted molar refractivity (Wildman–Crippen MR) is 53.7 cm³/mol. The highest BCUT2D eigenvalue weighted by molar-refractivity contribution is 14.1. The van der Waals surface area contributed by atoms with E-state index < -0.39 is 0 Å². The first-order valence-electron chi connectivity index (χ1n) is 4.31. The number of hydrogen-bond donors (Lipinski definition) is 0. The van der Waals surface area contributed by atoms with Crippen molar-refractivity contribution < 1.29 is 0 Å². The Morgan fingerprint density at radius 3 is 2.36 bits per heavy atom. The summed E-state index contributed by atoms with van der Waals surface area (Å²) in [6, 6.07) is 0. The summed E-state index contributed by atoms with van der Waals surface area (Å²) in [5.41, 5.74) is 0.390. The second-order valence-corrected chi connectivity index (χ2v) is 6.47. The van der Waals surface area contributed by atoms with Gasteiger partial charge in [0.1, 0.15) is 0 Å². The molecule has 0 heterocycles. The van der Waals surface area contributed by atoms with Crippen LogP contribution in [0.25, 0.3) is 0 Å². The number of halogens is 2. The maximum absolute atomic E-state index is 5.79. The van der Waals surface area contributed by atoms with E-state index in [1.54, 1.807) is 0 Å². The summed E-state index contributed by atoms with van der Waals surface area (Å²) in [5, 5.41) is 0. The number of hydrogen-bond acceptors (Lipinski definition) is 0. The van der Waals surface area contributed by atoms with Gasteiger partial charge in [-0.2, -0.15) is 0 Å². The minimum absolute atomic E-state index is 0.390. The molecule has 4 aliphatic rings. The molecule has 4 saturated carbocycles. The van der Waals surface area contributed by atoms with Gasteiger partial charge in [-0.05, 0) is 31.1 Å². The van der Waals surface area contributed by atoms with Gasteiger partial charge in [-0.1, -0.05) is 29.0 Å². The molecule has 2 heteroatoms. The van der Waals surface area contributed by atoms with Crippen molar-refractivity contribution in [2.75, 3.05) is 0 Å². The summed E-state index contributed by atoms with van der Waals surface area (Å²) >= 11 is 8.46. The molecule has 2 unspecified atom stereocenters. The van der Waals surface area contributed by atoms with Crippen LogP contribution in [0, 0.1) is 23.1 Å². The van der Waals surface area contributed by atoms with Gasteiger partial charge < -0.3 is 0 Å². The summed E-state index contributed by atoms with van der Waals surface area (Å²) in [4.78, 5) is 0. The Labute approximate surface area is 86.2 Å². The summed E-state index contributed by atoms with van der Waals surface area (Å²) in [6.07, 6.45) is 5.55. The summed E-state index contributed by atoms with van der Waals surface area (Å²) in [7, 11) is 0. The zero-order valence-corrected chi connectivity index (χ0v) is 9.15. The highest BCUT2D eigenvalue weighted by Gasteiger charge is 2.81. The molecule has 4 bridgehead atoms. The Kier molecular flexibility index (Phi) is 1.29. The van der Waals surface area contributed by atoms with Crippen molar-refractivity contribution in [1.82, 2.24) is 0 Å². The van der Waals surface area contributed by atoms with Crippen LogP contribution in [-0.4, -0.2) is 3.42 Å². The highest BCUT2D eigenvalue weighted by Crippen LogP contribution is 2.84. The third kappa shape index (κ3) is 0.560. The van der Waals surface area contributed by atoms with Crippen LogP contribution >= 0.6 is 34.2 Å². The first-order chi connectivity index (χ1) is 5.24. The van der Waals surface area contributed by atoms with Crippen LogP contribution in [0.4, 0.5) is 0 Å². The fourth-order valence-corrected chi connectivity index (χ4v) is 6.31. The molecule has 4 fully saturated rings. The molecule has 0 amide bonds.